The minimum atomic E-state index is 0.330. The fraction of sp³-hybridized carbons (Fsp3) is 0.0333. The Balaban J connectivity index is 1.01. The topological polar surface area (TPSA) is 14.8 Å². The third-order valence-corrected chi connectivity index (χ3v) is 16.1. The van der Waals surface area contributed by atoms with Crippen molar-refractivity contribution in [1.82, 2.24) is 13.7 Å². The summed E-state index contributed by atoms with van der Waals surface area (Å²) < 4.78 is 10.1. The van der Waals surface area contributed by atoms with Gasteiger partial charge in [0.2, 0.25) is 0 Å². The van der Waals surface area contributed by atoms with Crippen molar-refractivity contribution >= 4 is 92.3 Å². The maximum atomic E-state index is 2.47. The van der Waals surface area contributed by atoms with Gasteiger partial charge in [-0.15, -0.1) is 22.7 Å². The number of benzene rings is 7. The number of aromatic nitrogens is 3. The van der Waals surface area contributed by atoms with E-state index in [0.717, 1.165) is 11.4 Å². The van der Waals surface area contributed by atoms with Gasteiger partial charge >= 0.3 is 0 Å². The Labute approximate surface area is 383 Å². The lowest BCUT2D eigenvalue weighted by molar-refractivity contribution is 0.678. The van der Waals surface area contributed by atoms with Crippen molar-refractivity contribution in [2.45, 2.75) is 0 Å². The fourth-order valence-corrected chi connectivity index (χ4v) is 13.1. The molecule has 0 aliphatic heterocycles. The SMILES string of the molecule is C1=CC2C=CC=C(c3ccc4c(c3)c3cc5c(cc3n4-c3ccccc3)c3cc(-c4cc6c(s4)c4sc(-c7ccccc7)cc4n6-c4ccccc4)ccc3n5-c3ccccc3)C2C=C1. The van der Waals surface area contributed by atoms with Crippen LogP contribution in [0.15, 0.2) is 225 Å². The Morgan fingerprint density at radius 2 is 0.785 bits per heavy atom. The van der Waals surface area contributed by atoms with Crippen LogP contribution in [0, 0.1) is 11.8 Å². The van der Waals surface area contributed by atoms with Crippen molar-refractivity contribution in [1.29, 1.82) is 0 Å². The van der Waals surface area contributed by atoms with Gasteiger partial charge < -0.3 is 13.7 Å². The molecule has 0 saturated carbocycles. The van der Waals surface area contributed by atoms with Crippen LogP contribution in [0.1, 0.15) is 5.56 Å². The Bertz CT molecular complexity index is 3980. The predicted octanol–water partition coefficient (Wildman–Crippen LogP) is 16.7. The minimum Gasteiger partial charge on any atom is -0.309 e. The van der Waals surface area contributed by atoms with E-state index in [9.17, 15) is 0 Å². The first kappa shape index (κ1) is 36.8. The highest BCUT2D eigenvalue weighted by Crippen LogP contribution is 2.48. The van der Waals surface area contributed by atoms with Gasteiger partial charge in [-0.3, -0.25) is 0 Å². The molecule has 5 aromatic heterocycles. The Morgan fingerprint density at radius 3 is 1.35 bits per heavy atom. The van der Waals surface area contributed by atoms with Gasteiger partial charge in [0.1, 0.15) is 0 Å². The average Bonchev–Trinajstić information content (AvgIpc) is 4.19. The van der Waals surface area contributed by atoms with Crippen LogP contribution in [0.2, 0.25) is 0 Å². The quantitative estimate of drug-likeness (QED) is 0.158. The summed E-state index contributed by atoms with van der Waals surface area (Å²) in [5.41, 5.74) is 16.0. The fourth-order valence-electron chi connectivity index (χ4n) is 10.7. The van der Waals surface area contributed by atoms with Gasteiger partial charge in [0.25, 0.3) is 0 Å². The summed E-state index contributed by atoms with van der Waals surface area (Å²) in [7, 11) is 0. The maximum absolute atomic E-state index is 2.47. The number of thiophene rings is 2. The Morgan fingerprint density at radius 1 is 0.338 bits per heavy atom. The van der Waals surface area contributed by atoms with Crippen LogP contribution < -0.4 is 0 Å². The maximum Gasteiger partial charge on any atom is 0.0711 e. The smallest absolute Gasteiger partial charge is 0.0711 e. The van der Waals surface area contributed by atoms with Gasteiger partial charge in [0.15, 0.2) is 0 Å². The van der Waals surface area contributed by atoms with E-state index < -0.39 is 0 Å². The van der Waals surface area contributed by atoms with Crippen molar-refractivity contribution in [3.8, 4) is 37.9 Å². The van der Waals surface area contributed by atoms with E-state index in [4.69, 9.17) is 0 Å². The van der Waals surface area contributed by atoms with Gasteiger partial charge in [0, 0.05) is 60.2 Å². The summed E-state index contributed by atoms with van der Waals surface area (Å²) in [5.74, 6) is 0.711. The largest absolute Gasteiger partial charge is 0.309 e. The van der Waals surface area contributed by atoms with Gasteiger partial charge in [-0.25, -0.2) is 0 Å². The summed E-state index contributed by atoms with van der Waals surface area (Å²) >= 11 is 3.81. The van der Waals surface area contributed by atoms with Crippen LogP contribution in [-0.2, 0) is 0 Å². The second-order valence-electron chi connectivity index (χ2n) is 17.3. The van der Waals surface area contributed by atoms with E-state index in [1.165, 1.54) is 102 Å². The molecular weight excluding hydrogens is 827 g/mol. The number of fused-ring (bicyclic) bond motifs is 10. The number of para-hydroxylation sites is 3. The summed E-state index contributed by atoms with van der Waals surface area (Å²) in [6, 6.07) is 67.3. The zero-order valence-corrected chi connectivity index (χ0v) is 36.8. The lowest BCUT2D eigenvalue weighted by Gasteiger charge is -2.27. The van der Waals surface area contributed by atoms with Crippen LogP contribution in [0.3, 0.4) is 0 Å². The van der Waals surface area contributed by atoms with Crippen LogP contribution >= 0.6 is 22.7 Å². The monoisotopic (exact) mass is 865 g/mol. The van der Waals surface area contributed by atoms with Gasteiger partial charge in [-0.05, 0) is 107 Å². The molecular formula is C60H39N3S2. The zero-order valence-electron chi connectivity index (χ0n) is 35.2. The second kappa shape index (κ2) is 14.4. The van der Waals surface area contributed by atoms with Crippen LogP contribution in [0.25, 0.3) is 108 Å². The number of hydrogen-bond donors (Lipinski definition) is 0. The number of allylic oxidation sites excluding steroid dienone is 8. The average molecular weight is 866 g/mol. The second-order valence-corrected chi connectivity index (χ2v) is 19.4. The third kappa shape index (κ3) is 5.66. The first-order valence-electron chi connectivity index (χ1n) is 22.3. The molecule has 12 aromatic rings. The van der Waals surface area contributed by atoms with E-state index in [0.29, 0.717) is 11.8 Å². The highest BCUT2D eigenvalue weighted by molar-refractivity contribution is 7.30. The molecule has 306 valence electrons. The molecule has 3 nitrogen and oxygen atoms in total. The number of hydrogen-bond acceptors (Lipinski definition) is 2. The molecule has 0 N–H and O–H groups in total. The molecule has 0 spiro atoms. The van der Waals surface area contributed by atoms with E-state index in [1.54, 1.807) is 0 Å². The Kier molecular flexibility index (Phi) is 8.15. The van der Waals surface area contributed by atoms with Crippen molar-refractivity contribution in [3.05, 3.63) is 230 Å². The van der Waals surface area contributed by atoms with E-state index in [-0.39, 0.29) is 0 Å². The molecule has 0 fully saturated rings. The molecule has 2 aliphatic rings. The summed E-state index contributed by atoms with van der Waals surface area (Å²) in [4.78, 5) is 2.56. The molecule has 2 atom stereocenters. The molecule has 2 aliphatic carbocycles. The van der Waals surface area contributed by atoms with E-state index in [2.05, 4.69) is 238 Å². The van der Waals surface area contributed by atoms with E-state index in [1.807, 2.05) is 22.7 Å². The predicted molar refractivity (Wildman–Crippen MR) is 278 cm³/mol. The van der Waals surface area contributed by atoms with Crippen molar-refractivity contribution < 1.29 is 0 Å². The molecule has 0 saturated heterocycles. The van der Waals surface area contributed by atoms with E-state index >= 15 is 0 Å². The van der Waals surface area contributed by atoms with Gasteiger partial charge in [-0.1, -0.05) is 140 Å². The third-order valence-electron chi connectivity index (χ3n) is 13.6. The molecule has 2 unspecified atom stereocenters. The summed E-state index contributed by atoms with van der Waals surface area (Å²) in [6.07, 6.45) is 15.9. The van der Waals surface area contributed by atoms with Gasteiger partial charge in [0.05, 0.1) is 42.5 Å². The van der Waals surface area contributed by atoms with Crippen LogP contribution in [0.4, 0.5) is 0 Å². The number of nitrogens with zero attached hydrogens (tertiary/aromatic N) is 3. The van der Waals surface area contributed by atoms with Crippen molar-refractivity contribution in [2.24, 2.45) is 11.8 Å². The van der Waals surface area contributed by atoms with Gasteiger partial charge in [-0.2, -0.15) is 0 Å². The highest BCUT2D eigenvalue weighted by Gasteiger charge is 2.26. The lowest BCUT2D eigenvalue weighted by atomic mass is 9.77. The molecule has 5 heteroatoms. The Hall–Kier alpha value is -7.70. The normalized spacial score (nSPS) is 15.9. The molecule has 0 amide bonds. The van der Waals surface area contributed by atoms with Crippen molar-refractivity contribution in [2.75, 3.05) is 0 Å². The first-order valence-corrected chi connectivity index (χ1v) is 24.0. The molecule has 0 bridgehead atoms. The molecule has 0 radical (unpaired) electrons. The summed E-state index contributed by atoms with van der Waals surface area (Å²) in [6.45, 7) is 0. The number of rotatable bonds is 6. The van der Waals surface area contributed by atoms with Crippen LogP contribution in [0.5, 0.6) is 0 Å². The minimum absolute atomic E-state index is 0.330. The van der Waals surface area contributed by atoms with Crippen molar-refractivity contribution in [3.63, 3.8) is 0 Å². The lowest BCUT2D eigenvalue weighted by Crippen LogP contribution is -2.14. The molecule has 7 aromatic carbocycles. The summed E-state index contributed by atoms with van der Waals surface area (Å²) in [5, 5.41) is 4.99. The molecule has 5 heterocycles. The zero-order chi connectivity index (χ0) is 42.6. The first-order chi connectivity index (χ1) is 32.2. The highest BCUT2D eigenvalue weighted by atomic mass is 32.1. The molecule has 65 heavy (non-hydrogen) atoms. The molecule has 14 rings (SSSR count). The van der Waals surface area contributed by atoms with Crippen LogP contribution in [-0.4, -0.2) is 13.7 Å². The standard InChI is InChI=1S/C60H39N3S2/c1-5-17-39(18-6-1)57-36-55-59(64-57)60-56(63(55)44-24-11-4-12-25-44)37-58(65-60)41-29-31-52-48(33-41)50-35-53-49(34-54(50)62(52)43-22-9-3-10-23-43)47-32-40(46-27-15-19-38-16-13-14-26-45(38)46)28-30-51(47)61(53)42-20-7-2-8-21-42/h1-38,45H.